The maximum absolute atomic E-state index is 4.50. The van der Waals surface area contributed by atoms with Crippen molar-refractivity contribution in [1.82, 2.24) is 14.9 Å². The molecule has 4 heteroatoms. The van der Waals surface area contributed by atoms with Crippen molar-refractivity contribution in [3.8, 4) is 0 Å². The highest BCUT2D eigenvalue weighted by molar-refractivity contribution is 5.31. The molecule has 2 rings (SSSR count). The molecule has 1 saturated heterocycles. The lowest BCUT2D eigenvalue weighted by molar-refractivity contribution is 0.309. The van der Waals surface area contributed by atoms with Crippen LogP contribution in [0.4, 0.5) is 5.95 Å². The molecule has 19 heavy (non-hydrogen) atoms. The molecule has 0 bridgehead atoms. The molecule has 1 N–H and O–H groups in total. The third kappa shape index (κ3) is 3.50. The number of hydrogen-bond donors (Lipinski definition) is 1. The number of aromatic nitrogens is 2. The molecule has 1 aromatic rings. The molecule has 1 aromatic heterocycles. The van der Waals surface area contributed by atoms with E-state index in [2.05, 4.69) is 46.7 Å². The summed E-state index contributed by atoms with van der Waals surface area (Å²) in [5.74, 6) is 1.96. The molecule has 0 saturated carbocycles. The molecule has 0 amide bonds. The average Bonchev–Trinajstić information content (AvgIpc) is 2.93. The second-order valence-corrected chi connectivity index (χ2v) is 5.58. The SMILES string of the molecule is CCCNC(C)C1CCN(c2nccn2CC)CC1. The Morgan fingerprint density at radius 1 is 1.37 bits per heavy atom. The molecule has 0 spiro atoms. The van der Waals surface area contributed by atoms with Crippen molar-refractivity contribution in [2.45, 2.75) is 52.6 Å². The predicted octanol–water partition coefficient (Wildman–Crippen LogP) is 2.51. The highest BCUT2D eigenvalue weighted by Gasteiger charge is 2.25. The van der Waals surface area contributed by atoms with Gasteiger partial charge in [-0.25, -0.2) is 4.98 Å². The second-order valence-electron chi connectivity index (χ2n) is 5.58. The van der Waals surface area contributed by atoms with Crippen LogP contribution in [0, 0.1) is 5.92 Å². The fourth-order valence-electron chi connectivity index (χ4n) is 2.97. The van der Waals surface area contributed by atoms with E-state index < -0.39 is 0 Å². The monoisotopic (exact) mass is 264 g/mol. The Hall–Kier alpha value is -1.03. The van der Waals surface area contributed by atoms with E-state index in [0.29, 0.717) is 6.04 Å². The molecule has 4 nitrogen and oxygen atoms in total. The molecule has 108 valence electrons. The summed E-state index contributed by atoms with van der Waals surface area (Å²) in [7, 11) is 0. The van der Waals surface area contributed by atoms with Crippen LogP contribution in [-0.2, 0) is 6.54 Å². The van der Waals surface area contributed by atoms with Crippen molar-refractivity contribution in [1.29, 1.82) is 0 Å². The zero-order valence-electron chi connectivity index (χ0n) is 12.6. The van der Waals surface area contributed by atoms with E-state index in [0.717, 1.165) is 38.0 Å². The van der Waals surface area contributed by atoms with E-state index in [1.54, 1.807) is 0 Å². The van der Waals surface area contributed by atoms with Crippen molar-refractivity contribution in [3.05, 3.63) is 12.4 Å². The van der Waals surface area contributed by atoms with Crippen molar-refractivity contribution in [2.75, 3.05) is 24.5 Å². The fourth-order valence-corrected chi connectivity index (χ4v) is 2.97. The van der Waals surface area contributed by atoms with Gasteiger partial charge < -0.3 is 14.8 Å². The number of imidazole rings is 1. The summed E-state index contributed by atoms with van der Waals surface area (Å²) in [6, 6.07) is 0.646. The molecule has 1 aliphatic heterocycles. The Morgan fingerprint density at radius 2 is 2.11 bits per heavy atom. The van der Waals surface area contributed by atoms with Crippen molar-refractivity contribution in [2.24, 2.45) is 5.92 Å². The number of hydrogen-bond acceptors (Lipinski definition) is 3. The smallest absolute Gasteiger partial charge is 0.205 e. The number of nitrogens with zero attached hydrogens (tertiary/aromatic N) is 3. The Kier molecular flexibility index (Phi) is 5.25. The van der Waals surface area contributed by atoms with Crippen molar-refractivity contribution in [3.63, 3.8) is 0 Å². The summed E-state index contributed by atoms with van der Waals surface area (Å²) in [5.41, 5.74) is 0. The molecule has 0 aliphatic carbocycles. The molecule has 1 aliphatic rings. The van der Waals surface area contributed by atoms with E-state index in [1.807, 2.05) is 6.20 Å². The topological polar surface area (TPSA) is 33.1 Å². The van der Waals surface area contributed by atoms with Gasteiger partial charge in [0.15, 0.2) is 0 Å². The van der Waals surface area contributed by atoms with Crippen LogP contribution >= 0.6 is 0 Å². The summed E-state index contributed by atoms with van der Waals surface area (Å²) < 4.78 is 2.24. The van der Waals surface area contributed by atoms with E-state index in [9.17, 15) is 0 Å². The summed E-state index contributed by atoms with van der Waals surface area (Å²) in [6.07, 6.45) is 7.75. The van der Waals surface area contributed by atoms with Gasteiger partial charge in [-0.1, -0.05) is 6.92 Å². The largest absolute Gasteiger partial charge is 0.342 e. The van der Waals surface area contributed by atoms with Gasteiger partial charge in [0.25, 0.3) is 0 Å². The van der Waals surface area contributed by atoms with Gasteiger partial charge >= 0.3 is 0 Å². The van der Waals surface area contributed by atoms with E-state index in [-0.39, 0.29) is 0 Å². The third-order valence-corrected chi connectivity index (χ3v) is 4.28. The first-order valence-corrected chi connectivity index (χ1v) is 7.75. The normalized spacial score (nSPS) is 18.8. The van der Waals surface area contributed by atoms with Gasteiger partial charge in [-0.3, -0.25) is 0 Å². The van der Waals surface area contributed by atoms with Gasteiger partial charge in [0.05, 0.1) is 0 Å². The van der Waals surface area contributed by atoms with Crippen LogP contribution in [0.25, 0.3) is 0 Å². The van der Waals surface area contributed by atoms with Gasteiger partial charge in [-0.15, -0.1) is 0 Å². The van der Waals surface area contributed by atoms with Crippen LogP contribution in [0.15, 0.2) is 12.4 Å². The number of anilines is 1. The van der Waals surface area contributed by atoms with Crippen molar-refractivity contribution >= 4 is 5.95 Å². The minimum absolute atomic E-state index is 0.646. The zero-order chi connectivity index (χ0) is 13.7. The fraction of sp³-hybridized carbons (Fsp3) is 0.800. The first-order valence-electron chi connectivity index (χ1n) is 7.75. The van der Waals surface area contributed by atoms with Crippen LogP contribution < -0.4 is 10.2 Å². The Labute approximate surface area is 117 Å². The molecule has 1 fully saturated rings. The second kappa shape index (κ2) is 6.94. The molecule has 1 atom stereocenters. The lowest BCUT2D eigenvalue weighted by atomic mass is 9.90. The minimum Gasteiger partial charge on any atom is -0.342 e. The highest BCUT2D eigenvalue weighted by Crippen LogP contribution is 2.24. The average molecular weight is 264 g/mol. The predicted molar refractivity (Wildman–Crippen MR) is 80.6 cm³/mol. The maximum Gasteiger partial charge on any atom is 0.205 e. The molecule has 0 aromatic carbocycles. The van der Waals surface area contributed by atoms with Crippen molar-refractivity contribution < 1.29 is 0 Å². The van der Waals surface area contributed by atoms with Crippen LogP contribution in [0.3, 0.4) is 0 Å². The number of nitrogens with one attached hydrogen (secondary N) is 1. The standard InChI is InChI=1S/C15H28N4/c1-4-8-16-13(3)14-6-10-19(11-7-14)15-17-9-12-18(15)5-2/h9,12-14,16H,4-8,10-11H2,1-3H3. The lowest BCUT2D eigenvalue weighted by Crippen LogP contribution is -2.43. The third-order valence-electron chi connectivity index (χ3n) is 4.28. The summed E-state index contributed by atoms with van der Waals surface area (Å²) in [5, 5.41) is 3.63. The quantitative estimate of drug-likeness (QED) is 0.857. The summed E-state index contributed by atoms with van der Waals surface area (Å²) >= 11 is 0. The van der Waals surface area contributed by atoms with E-state index >= 15 is 0 Å². The van der Waals surface area contributed by atoms with Crippen LogP contribution in [0.2, 0.25) is 0 Å². The van der Waals surface area contributed by atoms with Crippen LogP contribution in [0.1, 0.15) is 40.0 Å². The number of aryl methyl sites for hydroxylation is 1. The Morgan fingerprint density at radius 3 is 2.74 bits per heavy atom. The minimum atomic E-state index is 0.646. The van der Waals surface area contributed by atoms with Gasteiger partial charge in [0, 0.05) is 38.1 Å². The van der Waals surface area contributed by atoms with Gasteiger partial charge in [-0.2, -0.15) is 0 Å². The Balaban J connectivity index is 1.85. The van der Waals surface area contributed by atoms with Gasteiger partial charge in [0.1, 0.15) is 0 Å². The summed E-state index contributed by atoms with van der Waals surface area (Å²) in [6.45, 7) is 11.2. The van der Waals surface area contributed by atoms with E-state index in [1.165, 1.54) is 19.3 Å². The maximum atomic E-state index is 4.50. The zero-order valence-corrected chi connectivity index (χ0v) is 12.6. The molecular formula is C15H28N4. The number of piperidine rings is 1. The summed E-state index contributed by atoms with van der Waals surface area (Å²) in [4.78, 5) is 6.94. The first kappa shape index (κ1) is 14.4. The first-order chi connectivity index (χ1) is 9.26. The molecular weight excluding hydrogens is 236 g/mol. The van der Waals surface area contributed by atoms with Gasteiger partial charge in [0.2, 0.25) is 5.95 Å². The van der Waals surface area contributed by atoms with E-state index in [4.69, 9.17) is 0 Å². The van der Waals surface area contributed by atoms with Crippen LogP contribution in [-0.4, -0.2) is 35.2 Å². The van der Waals surface area contributed by atoms with Crippen LogP contribution in [0.5, 0.6) is 0 Å². The lowest BCUT2D eigenvalue weighted by Gasteiger charge is -2.35. The number of rotatable bonds is 6. The molecule has 0 radical (unpaired) electrons. The van der Waals surface area contributed by atoms with Gasteiger partial charge in [-0.05, 0) is 45.6 Å². The highest BCUT2D eigenvalue weighted by atomic mass is 15.3. The molecule has 1 unspecified atom stereocenters. The molecule has 2 heterocycles. The Bertz CT molecular complexity index is 366.